The minimum Gasteiger partial charge on any atom is -0.480 e. The molecule has 3 amide bonds. The van der Waals surface area contributed by atoms with E-state index in [-0.39, 0.29) is 26.9 Å². The van der Waals surface area contributed by atoms with E-state index in [2.05, 4.69) is 10.1 Å². The molecule has 0 saturated heterocycles. The van der Waals surface area contributed by atoms with Crippen LogP contribution < -0.4 is 15.4 Å². The van der Waals surface area contributed by atoms with Gasteiger partial charge in [-0.25, -0.2) is 9.59 Å². The molecule has 1 fully saturated rings. The Balaban J connectivity index is 1.70. The number of carbonyl (C=O) groups excluding carboxylic acids is 3. The van der Waals surface area contributed by atoms with Gasteiger partial charge < -0.3 is 14.8 Å². The van der Waals surface area contributed by atoms with Gasteiger partial charge in [-0.05, 0) is 18.9 Å². The van der Waals surface area contributed by atoms with E-state index in [1.165, 1.54) is 12.1 Å². The maximum absolute atomic E-state index is 11.5. The number of hydrogen-bond acceptors (Lipinski definition) is 5. The van der Waals surface area contributed by atoms with Crippen molar-refractivity contribution in [1.29, 1.82) is 0 Å². The number of imide groups is 1. The van der Waals surface area contributed by atoms with Crippen molar-refractivity contribution in [2.75, 3.05) is 13.2 Å². The van der Waals surface area contributed by atoms with Crippen LogP contribution in [-0.2, 0) is 14.3 Å². The molecule has 0 radical (unpaired) electrons. The second-order valence-corrected chi connectivity index (χ2v) is 6.16. The molecule has 130 valence electrons. The molecule has 0 spiro atoms. The summed E-state index contributed by atoms with van der Waals surface area (Å²) < 4.78 is 9.83. The molecule has 2 N–H and O–H groups in total. The fraction of sp³-hybridized carbons (Fsp3) is 0.357. The van der Waals surface area contributed by atoms with Gasteiger partial charge in [0, 0.05) is 12.1 Å². The molecular formula is C14H13Cl3N2O5. The van der Waals surface area contributed by atoms with E-state index >= 15 is 0 Å². The van der Waals surface area contributed by atoms with Gasteiger partial charge in [-0.3, -0.25) is 10.1 Å². The molecule has 1 saturated carbocycles. The summed E-state index contributed by atoms with van der Waals surface area (Å²) >= 11 is 17.5. The highest BCUT2D eigenvalue weighted by molar-refractivity contribution is 6.43. The van der Waals surface area contributed by atoms with Crippen LogP contribution in [0.25, 0.3) is 0 Å². The molecule has 0 atom stereocenters. The van der Waals surface area contributed by atoms with Crippen LogP contribution in [0.1, 0.15) is 12.8 Å². The topological polar surface area (TPSA) is 93.7 Å². The maximum Gasteiger partial charge on any atom is 0.344 e. The summed E-state index contributed by atoms with van der Waals surface area (Å²) in [5.41, 5.74) is 0. The van der Waals surface area contributed by atoms with Crippen molar-refractivity contribution < 1.29 is 23.9 Å². The molecule has 1 aromatic rings. The van der Waals surface area contributed by atoms with Gasteiger partial charge in [0.2, 0.25) is 0 Å². The summed E-state index contributed by atoms with van der Waals surface area (Å²) in [5.74, 6) is -1.40. The number of rotatable bonds is 6. The van der Waals surface area contributed by atoms with Crippen LogP contribution >= 0.6 is 34.8 Å². The molecule has 1 aliphatic rings. The number of benzene rings is 1. The first-order valence-corrected chi connectivity index (χ1v) is 8.02. The molecule has 0 aromatic heterocycles. The summed E-state index contributed by atoms with van der Waals surface area (Å²) in [5, 5.41) is 5.24. The third kappa shape index (κ3) is 6.07. The van der Waals surface area contributed by atoms with Gasteiger partial charge in [-0.1, -0.05) is 34.8 Å². The van der Waals surface area contributed by atoms with Crippen LogP contribution in [0.4, 0.5) is 4.79 Å². The third-order valence-electron chi connectivity index (χ3n) is 2.85. The summed E-state index contributed by atoms with van der Waals surface area (Å²) in [6.45, 7) is -1.09. The van der Waals surface area contributed by atoms with E-state index in [4.69, 9.17) is 39.5 Å². The Labute approximate surface area is 152 Å². The minimum atomic E-state index is -0.810. The zero-order valence-corrected chi connectivity index (χ0v) is 14.5. The molecule has 7 nitrogen and oxygen atoms in total. The van der Waals surface area contributed by atoms with Crippen molar-refractivity contribution in [2.45, 2.75) is 18.9 Å². The molecular weight excluding hydrogens is 383 g/mol. The average molecular weight is 396 g/mol. The number of amides is 3. The van der Waals surface area contributed by atoms with Crippen LogP contribution in [-0.4, -0.2) is 37.2 Å². The quantitative estimate of drug-likeness (QED) is 0.570. The minimum absolute atomic E-state index is 0.115. The largest absolute Gasteiger partial charge is 0.480 e. The van der Waals surface area contributed by atoms with Gasteiger partial charge in [-0.15, -0.1) is 0 Å². The Kier molecular flexibility index (Phi) is 6.53. The molecule has 0 unspecified atom stereocenters. The molecule has 0 heterocycles. The van der Waals surface area contributed by atoms with Crippen LogP contribution in [0.3, 0.4) is 0 Å². The number of carbonyl (C=O) groups is 3. The SMILES string of the molecule is O=C(COC(=O)COc1cc(Cl)c(Cl)cc1Cl)NC(=O)NC1CC1. The number of hydrogen-bond donors (Lipinski definition) is 2. The number of ether oxygens (including phenoxy) is 2. The molecule has 0 bridgehead atoms. The first kappa shape index (κ1) is 18.6. The van der Waals surface area contributed by atoms with Crippen molar-refractivity contribution in [3.63, 3.8) is 0 Å². The van der Waals surface area contributed by atoms with E-state index < -0.39 is 31.1 Å². The van der Waals surface area contributed by atoms with Crippen molar-refractivity contribution in [1.82, 2.24) is 10.6 Å². The molecule has 1 aliphatic carbocycles. The Morgan fingerprint density at radius 1 is 1.04 bits per heavy atom. The van der Waals surface area contributed by atoms with Crippen LogP contribution in [0.2, 0.25) is 15.1 Å². The number of esters is 1. The lowest BCUT2D eigenvalue weighted by Crippen LogP contribution is -2.42. The zero-order chi connectivity index (χ0) is 17.7. The van der Waals surface area contributed by atoms with Crippen LogP contribution in [0, 0.1) is 0 Å². The van der Waals surface area contributed by atoms with Gasteiger partial charge in [-0.2, -0.15) is 0 Å². The first-order valence-electron chi connectivity index (χ1n) is 6.88. The maximum atomic E-state index is 11.5. The van der Waals surface area contributed by atoms with Gasteiger partial charge in [0.1, 0.15) is 5.75 Å². The van der Waals surface area contributed by atoms with Gasteiger partial charge in [0.05, 0.1) is 15.1 Å². The smallest absolute Gasteiger partial charge is 0.344 e. The molecule has 2 rings (SSSR count). The highest BCUT2D eigenvalue weighted by Crippen LogP contribution is 2.33. The summed E-state index contributed by atoms with van der Waals surface area (Å²) in [7, 11) is 0. The highest BCUT2D eigenvalue weighted by atomic mass is 35.5. The Bertz CT molecular complexity index is 664. The van der Waals surface area contributed by atoms with E-state index in [1.54, 1.807) is 0 Å². The van der Waals surface area contributed by atoms with Crippen molar-refractivity contribution >= 4 is 52.7 Å². The summed E-state index contributed by atoms with van der Waals surface area (Å²) in [6, 6.07) is 2.23. The van der Waals surface area contributed by atoms with Crippen LogP contribution in [0.15, 0.2) is 12.1 Å². The van der Waals surface area contributed by atoms with E-state index in [9.17, 15) is 14.4 Å². The number of urea groups is 1. The van der Waals surface area contributed by atoms with Gasteiger partial charge in [0.15, 0.2) is 13.2 Å². The second kappa shape index (κ2) is 8.41. The number of halogens is 3. The lowest BCUT2D eigenvalue weighted by Gasteiger charge is -2.09. The van der Waals surface area contributed by atoms with Crippen molar-refractivity contribution in [3.8, 4) is 5.75 Å². The third-order valence-corrected chi connectivity index (χ3v) is 3.87. The first-order chi connectivity index (χ1) is 11.3. The zero-order valence-electron chi connectivity index (χ0n) is 12.2. The van der Waals surface area contributed by atoms with Gasteiger partial charge in [0.25, 0.3) is 5.91 Å². The Hall–Kier alpha value is -1.70. The molecule has 24 heavy (non-hydrogen) atoms. The second-order valence-electron chi connectivity index (χ2n) is 4.94. The van der Waals surface area contributed by atoms with Crippen molar-refractivity contribution in [2.24, 2.45) is 0 Å². The molecule has 1 aromatic carbocycles. The van der Waals surface area contributed by atoms with E-state index in [0.29, 0.717) is 0 Å². The summed E-state index contributed by atoms with van der Waals surface area (Å²) in [6.07, 6.45) is 1.79. The normalized spacial score (nSPS) is 13.1. The van der Waals surface area contributed by atoms with Crippen LogP contribution in [0.5, 0.6) is 5.75 Å². The standard InChI is InChI=1S/C14H13Cl3N2O5/c15-8-3-10(17)11(4-9(8)16)23-6-13(21)24-5-12(20)19-14(22)18-7-1-2-7/h3-4,7H,1-2,5-6H2,(H2,18,19,20,22). The molecule has 10 heteroatoms. The Morgan fingerprint density at radius 3 is 2.38 bits per heavy atom. The fourth-order valence-electron chi connectivity index (χ4n) is 1.55. The predicted molar refractivity (Wildman–Crippen MR) is 87.6 cm³/mol. The van der Waals surface area contributed by atoms with E-state index in [1.807, 2.05) is 5.32 Å². The Morgan fingerprint density at radius 2 is 1.71 bits per heavy atom. The monoisotopic (exact) mass is 394 g/mol. The van der Waals surface area contributed by atoms with Gasteiger partial charge >= 0.3 is 12.0 Å². The summed E-state index contributed by atoms with van der Waals surface area (Å²) in [4.78, 5) is 34.3. The lowest BCUT2D eigenvalue weighted by atomic mass is 10.3. The fourth-order valence-corrected chi connectivity index (χ4v) is 2.14. The average Bonchev–Trinajstić information content (AvgIpc) is 3.31. The van der Waals surface area contributed by atoms with Crippen molar-refractivity contribution in [3.05, 3.63) is 27.2 Å². The highest BCUT2D eigenvalue weighted by Gasteiger charge is 2.24. The predicted octanol–water partition coefficient (Wildman–Crippen LogP) is 2.56. The van der Waals surface area contributed by atoms with E-state index in [0.717, 1.165) is 12.8 Å². The number of nitrogens with one attached hydrogen (secondary N) is 2. The molecule has 0 aliphatic heterocycles. The lowest BCUT2D eigenvalue weighted by molar-refractivity contribution is -0.150.